The van der Waals surface area contributed by atoms with Crippen LogP contribution in [-0.4, -0.2) is 46.5 Å². The molecule has 0 aliphatic rings. The van der Waals surface area contributed by atoms with Gasteiger partial charge in [0.15, 0.2) is 0 Å². The van der Waals surface area contributed by atoms with Crippen LogP contribution in [0.5, 0.6) is 6.01 Å². The Morgan fingerprint density at radius 3 is 3.05 bits per heavy atom. The van der Waals surface area contributed by atoms with Gasteiger partial charge < -0.3 is 14.0 Å². The van der Waals surface area contributed by atoms with E-state index in [1.165, 1.54) is 7.11 Å². The minimum atomic E-state index is -0.278. The van der Waals surface area contributed by atoms with Crippen molar-refractivity contribution in [3.8, 4) is 6.01 Å². The Balaban J connectivity index is 2.05. The molecule has 0 bridgehead atoms. The number of anilines is 1. The van der Waals surface area contributed by atoms with Gasteiger partial charge in [-0.1, -0.05) is 0 Å². The maximum atomic E-state index is 12.1. The Labute approximate surface area is 109 Å². The molecule has 0 aliphatic carbocycles. The molecular weight excluding hydrogens is 250 g/mol. The number of carbonyl (C=O) groups excluding carboxylic acids is 1. The van der Waals surface area contributed by atoms with E-state index < -0.39 is 0 Å². The van der Waals surface area contributed by atoms with E-state index in [4.69, 9.17) is 9.47 Å². The van der Waals surface area contributed by atoms with Crippen LogP contribution in [0.4, 0.5) is 5.95 Å². The zero-order chi connectivity index (χ0) is 13.7. The van der Waals surface area contributed by atoms with Crippen LogP contribution >= 0.6 is 0 Å². The molecule has 0 aromatic carbocycles. The standard InChI is InChI=1S/C11H15N5O3/c1-18-7-6-16-5-3-4-8(16)9(17)12-10-13-11(19-2)15-14-10/h3-5H,6-7H2,1-2H3,(H2,12,13,14,15,17). The number of hydrogen-bond acceptors (Lipinski definition) is 5. The smallest absolute Gasteiger partial charge is 0.336 e. The highest BCUT2D eigenvalue weighted by Gasteiger charge is 2.13. The fraction of sp³-hybridized carbons (Fsp3) is 0.364. The van der Waals surface area contributed by atoms with Crippen LogP contribution in [0, 0.1) is 0 Å². The lowest BCUT2D eigenvalue weighted by Crippen LogP contribution is -2.18. The number of nitrogens with one attached hydrogen (secondary N) is 2. The predicted octanol–water partition coefficient (Wildman–Crippen LogP) is 0.513. The summed E-state index contributed by atoms with van der Waals surface area (Å²) < 4.78 is 11.6. The number of aromatic nitrogens is 4. The van der Waals surface area contributed by atoms with E-state index in [-0.39, 0.29) is 17.9 Å². The summed E-state index contributed by atoms with van der Waals surface area (Å²) in [7, 11) is 3.06. The van der Waals surface area contributed by atoms with Crippen LogP contribution in [-0.2, 0) is 11.3 Å². The molecule has 2 aromatic heterocycles. The van der Waals surface area contributed by atoms with Crippen molar-refractivity contribution in [3.63, 3.8) is 0 Å². The Hall–Kier alpha value is -2.35. The van der Waals surface area contributed by atoms with Crippen molar-refractivity contribution in [2.24, 2.45) is 0 Å². The van der Waals surface area contributed by atoms with Crippen molar-refractivity contribution in [1.82, 2.24) is 19.7 Å². The molecule has 2 N–H and O–H groups in total. The van der Waals surface area contributed by atoms with E-state index in [2.05, 4.69) is 20.5 Å². The molecular formula is C11H15N5O3. The van der Waals surface area contributed by atoms with Crippen molar-refractivity contribution in [3.05, 3.63) is 24.0 Å². The fourth-order valence-electron chi connectivity index (χ4n) is 1.57. The van der Waals surface area contributed by atoms with E-state index in [0.717, 1.165) is 0 Å². The van der Waals surface area contributed by atoms with E-state index in [1.807, 2.05) is 6.20 Å². The summed E-state index contributed by atoms with van der Waals surface area (Å²) in [5.74, 6) is -0.0405. The molecule has 0 saturated carbocycles. The quantitative estimate of drug-likeness (QED) is 0.793. The van der Waals surface area contributed by atoms with E-state index >= 15 is 0 Å². The summed E-state index contributed by atoms with van der Waals surface area (Å²) in [5.41, 5.74) is 0.521. The molecule has 0 unspecified atom stereocenters. The monoisotopic (exact) mass is 265 g/mol. The Morgan fingerprint density at radius 1 is 1.53 bits per heavy atom. The van der Waals surface area contributed by atoms with Gasteiger partial charge in [0.05, 0.1) is 13.7 Å². The van der Waals surface area contributed by atoms with Crippen molar-refractivity contribution < 1.29 is 14.3 Å². The van der Waals surface area contributed by atoms with Gasteiger partial charge in [0.25, 0.3) is 5.91 Å². The SMILES string of the molecule is COCCn1cccc1C(=O)Nc1nc(OC)n[nH]1. The molecule has 102 valence electrons. The van der Waals surface area contributed by atoms with Gasteiger partial charge in [0, 0.05) is 19.9 Å². The number of ether oxygens (including phenoxy) is 2. The minimum Gasteiger partial charge on any atom is -0.466 e. The number of carbonyl (C=O) groups is 1. The molecule has 8 nitrogen and oxygen atoms in total. The number of hydrogen-bond donors (Lipinski definition) is 2. The Bertz CT molecular complexity index is 548. The van der Waals surface area contributed by atoms with Crippen molar-refractivity contribution >= 4 is 11.9 Å². The highest BCUT2D eigenvalue weighted by molar-refractivity contribution is 6.02. The zero-order valence-corrected chi connectivity index (χ0v) is 10.7. The summed E-state index contributed by atoms with van der Waals surface area (Å²) in [6.07, 6.45) is 1.81. The first-order chi connectivity index (χ1) is 9.24. The molecule has 0 saturated heterocycles. The van der Waals surface area contributed by atoms with E-state index in [0.29, 0.717) is 18.8 Å². The Kier molecular flexibility index (Phi) is 4.14. The Morgan fingerprint density at radius 2 is 2.37 bits per heavy atom. The number of rotatable bonds is 6. The number of nitrogens with zero attached hydrogens (tertiary/aromatic N) is 3. The van der Waals surface area contributed by atoms with Gasteiger partial charge in [-0.05, 0) is 12.1 Å². The summed E-state index contributed by atoms with van der Waals surface area (Å²) in [5, 5.41) is 8.91. The van der Waals surface area contributed by atoms with Gasteiger partial charge in [-0.25, -0.2) is 5.10 Å². The largest absolute Gasteiger partial charge is 0.466 e. The van der Waals surface area contributed by atoms with Crippen LogP contribution in [0.3, 0.4) is 0 Å². The normalized spacial score (nSPS) is 10.4. The van der Waals surface area contributed by atoms with Crippen LogP contribution in [0.25, 0.3) is 0 Å². The minimum absolute atomic E-state index is 0.171. The second-order valence-electron chi connectivity index (χ2n) is 3.70. The molecule has 2 aromatic rings. The molecule has 0 fully saturated rings. The molecule has 0 aliphatic heterocycles. The second kappa shape index (κ2) is 6.01. The topological polar surface area (TPSA) is 94.1 Å². The molecule has 1 amide bonds. The molecule has 0 atom stereocenters. The summed E-state index contributed by atoms with van der Waals surface area (Å²) in [4.78, 5) is 16.0. The summed E-state index contributed by atoms with van der Waals surface area (Å²) in [6, 6.07) is 3.69. The maximum absolute atomic E-state index is 12.1. The molecule has 0 spiro atoms. The lowest BCUT2D eigenvalue weighted by molar-refractivity contribution is 0.101. The van der Waals surface area contributed by atoms with E-state index in [1.54, 1.807) is 23.8 Å². The first-order valence-electron chi connectivity index (χ1n) is 5.66. The average molecular weight is 265 g/mol. The van der Waals surface area contributed by atoms with Crippen LogP contribution in [0.15, 0.2) is 18.3 Å². The lowest BCUT2D eigenvalue weighted by Gasteiger charge is -2.07. The van der Waals surface area contributed by atoms with Crippen LogP contribution in [0.2, 0.25) is 0 Å². The molecule has 2 heterocycles. The van der Waals surface area contributed by atoms with Crippen molar-refractivity contribution in [1.29, 1.82) is 0 Å². The lowest BCUT2D eigenvalue weighted by atomic mass is 10.4. The summed E-state index contributed by atoms with van der Waals surface area (Å²) in [6.45, 7) is 1.14. The van der Waals surface area contributed by atoms with E-state index in [9.17, 15) is 4.79 Å². The summed E-state index contributed by atoms with van der Waals surface area (Å²) >= 11 is 0. The van der Waals surface area contributed by atoms with Gasteiger partial charge >= 0.3 is 6.01 Å². The van der Waals surface area contributed by atoms with Crippen LogP contribution < -0.4 is 10.1 Å². The molecule has 0 radical (unpaired) electrons. The molecule has 19 heavy (non-hydrogen) atoms. The molecule has 2 rings (SSSR count). The third-order valence-electron chi connectivity index (χ3n) is 2.48. The number of H-pyrrole nitrogens is 1. The fourth-order valence-corrected chi connectivity index (χ4v) is 1.57. The average Bonchev–Trinajstić information content (AvgIpc) is 3.04. The number of aromatic amines is 1. The third-order valence-corrected chi connectivity index (χ3v) is 2.48. The maximum Gasteiger partial charge on any atom is 0.336 e. The molecule has 8 heteroatoms. The van der Waals surface area contributed by atoms with Crippen molar-refractivity contribution in [2.45, 2.75) is 6.54 Å². The first-order valence-corrected chi connectivity index (χ1v) is 5.66. The highest BCUT2D eigenvalue weighted by Crippen LogP contribution is 2.08. The third kappa shape index (κ3) is 3.10. The first kappa shape index (κ1) is 13.1. The van der Waals surface area contributed by atoms with Crippen molar-refractivity contribution in [2.75, 3.05) is 26.1 Å². The van der Waals surface area contributed by atoms with Gasteiger partial charge in [-0.2, -0.15) is 4.98 Å². The van der Waals surface area contributed by atoms with Gasteiger partial charge in [-0.15, -0.1) is 5.10 Å². The zero-order valence-electron chi connectivity index (χ0n) is 10.7. The highest BCUT2D eigenvalue weighted by atomic mass is 16.5. The van der Waals surface area contributed by atoms with Crippen LogP contribution in [0.1, 0.15) is 10.5 Å². The second-order valence-corrected chi connectivity index (χ2v) is 3.70. The van der Waals surface area contributed by atoms with Gasteiger partial charge in [0.2, 0.25) is 5.95 Å². The number of methoxy groups -OCH3 is 2. The number of amides is 1. The predicted molar refractivity (Wildman–Crippen MR) is 67.2 cm³/mol. The van der Waals surface area contributed by atoms with Gasteiger partial charge in [0.1, 0.15) is 5.69 Å². The van der Waals surface area contributed by atoms with Gasteiger partial charge in [-0.3, -0.25) is 10.1 Å².